The molecular formula is C27H31FN4O5. The molecule has 2 atom stereocenters. The molecule has 196 valence electrons. The maximum Gasteiger partial charge on any atom is 0.310 e. The number of amidine groups is 1. The third-order valence-electron chi connectivity index (χ3n) is 5.78. The van der Waals surface area contributed by atoms with Crippen LogP contribution in [-0.2, 0) is 14.4 Å². The van der Waals surface area contributed by atoms with Gasteiger partial charge in [0.15, 0.2) is 6.23 Å². The molecule has 2 heterocycles. The van der Waals surface area contributed by atoms with Gasteiger partial charge in [-0.15, -0.1) is 0 Å². The largest absolute Gasteiger partial charge is 0.375 e. The molecule has 2 aromatic carbocycles. The predicted molar refractivity (Wildman–Crippen MR) is 135 cm³/mol. The van der Waals surface area contributed by atoms with Crippen LogP contribution in [0.15, 0.2) is 64.1 Å². The van der Waals surface area contributed by atoms with Gasteiger partial charge in [0.25, 0.3) is 5.88 Å². The molecule has 10 heteroatoms. The van der Waals surface area contributed by atoms with E-state index in [0.717, 1.165) is 5.56 Å². The summed E-state index contributed by atoms with van der Waals surface area (Å²) in [6, 6.07) is 16.0. The summed E-state index contributed by atoms with van der Waals surface area (Å²) in [5.41, 5.74) is 4.27. The van der Waals surface area contributed by atoms with E-state index in [1.54, 1.807) is 32.9 Å². The number of carbonyl (C=O) groups excluding carboxylic acids is 1. The topological polar surface area (TPSA) is 109 Å². The number of nitrogens with zero attached hydrogens (tertiary/aromatic N) is 3. The third kappa shape index (κ3) is 6.59. The van der Waals surface area contributed by atoms with Gasteiger partial charge < -0.3 is 19.3 Å². The number of amides is 1. The number of hydrogen-bond acceptors (Lipinski definition) is 7. The monoisotopic (exact) mass is 510 g/mol. The van der Waals surface area contributed by atoms with Crippen LogP contribution in [0.5, 0.6) is 0 Å². The predicted octanol–water partition coefficient (Wildman–Crippen LogP) is 4.16. The van der Waals surface area contributed by atoms with Crippen molar-refractivity contribution >= 4 is 17.6 Å². The average molecular weight is 511 g/mol. The summed E-state index contributed by atoms with van der Waals surface area (Å²) in [4.78, 5) is 24.1. The Balaban J connectivity index is 1.57. The number of morpholine rings is 1. The van der Waals surface area contributed by atoms with Gasteiger partial charge in [-0.3, -0.25) is 9.63 Å². The van der Waals surface area contributed by atoms with E-state index in [0.29, 0.717) is 23.4 Å². The van der Waals surface area contributed by atoms with Crippen molar-refractivity contribution in [2.75, 3.05) is 19.8 Å². The first kappa shape index (κ1) is 26.5. The lowest BCUT2D eigenvalue weighted by Gasteiger charge is -2.33. The lowest BCUT2D eigenvalue weighted by molar-refractivity contribution is -0.141. The minimum atomic E-state index is -1.07. The van der Waals surface area contributed by atoms with Crippen LogP contribution in [0.2, 0.25) is 0 Å². The fourth-order valence-corrected chi connectivity index (χ4v) is 3.79. The average Bonchev–Trinajstić information content (AvgIpc) is 3.34. The van der Waals surface area contributed by atoms with Gasteiger partial charge in [0.2, 0.25) is 5.84 Å². The van der Waals surface area contributed by atoms with Crippen LogP contribution >= 0.6 is 0 Å². The molecule has 1 aliphatic heterocycles. The molecule has 1 amide bonds. The van der Waals surface area contributed by atoms with E-state index in [1.807, 2.05) is 43.3 Å². The first-order valence-corrected chi connectivity index (χ1v) is 12.0. The van der Waals surface area contributed by atoms with Crippen LogP contribution in [0.25, 0.3) is 11.1 Å². The molecule has 0 bridgehead atoms. The van der Waals surface area contributed by atoms with Crippen molar-refractivity contribution in [1.29, 1.82) is 0 Å². The standard InChI is InChI=1S/C27H31FN4O5/c1-17(19-10-11-20(21(28)14-19)18-8-6-5-7-9-18)22-15-23(36-30-22)29-25(26(34)31-37-27(2,3)4)32-12-13-35-16-24(32)33/h5-11,14-15,17,24,33H,12-13,16H2,1-4H3,(H,31,34)/b29-25-. The van der Waals surface area contributed by atoms with Crippen LogP contribution in [-0.4, -0.2) is 58.5 Å². The van der Waals surface area contributed by atoms with Crippen molar-refractivity contribution in [2.24, 2.45) is 4.99 Å². The van der Waals surface area contributed by atoms with Gasteiger partial charge in [0.05, 0.1) is 24.5 Å². The van der Waals surface area contributed by atoms with Gasteiger partial charge in [-0.25, -0.2) is 9.87 Å². The van der Waals surface area contributed by atoms with Crippen LogP contribution < -0.4 is 5.48 Å². The van der Waals surface area contributed by atoms with Gasteiger partial charge in [-0.1, -0.05) is 54.5 Å². The number of benzene rings is 2. The van der Waals surface area contributed by atoms with Crippen molar-refractivity contribution in [3.63, 3.8) is 0 Å². The summed E-state index contributed by atoms with van der Waals surface area (Å²) in [6.45, 7) is 7.81. The van der Waals surface area contributed by atoms with Crippen molar-refractivity contribution in [3.8, 4) is 11.1 Å². The number of carbonyl (C=O) groups is 1. The number of nitrogens with one attached hydrogen (secondary N) is 1. The van der Waals surface area contributed by atoms with Crippen molar-refractivity contribution in [2.45, 2.75) is 45.4 Å². The lowest BCUT2D eigenvalue weighted by atomic mass is 9.95. The van der Waals surface area contributed by atoms with E-state index in [4.69, 9.17) is 14.1 Å². The Morgan fingerprint density at radius 3 is 2.68 bits per heavy atom. The van der Waals surface area contributed by atoms with Crippen LogP contribution in [0.1, 0.15) is 44.9 Å². The van der Waals surface area contributed by atoms with Gasteiger partial charge in [0, 0.05) is 24.1 Å². The maximum atomic E-state index is 14.9. The highest BCUT2D eigenvalue weighted by atomic mass is 19.1. The second-order valence-corrected chi connectivity index (χ2v) is 9.75. The molecule has 3 aromatic rings. The third-order valence-corrected chi connectivity index (χ3v) is 5.78. The quantitative estimate of drug-likeness (QED) is 0.301. The van der Waals surface area contributed by atoms with E-state index >= 15 is 0 Å². The number of rotatable bonds is 5. The lowest BCUT2D eigenvalue weighted by Crippen LogP contribution is -2.54. The number of hydrogen-bond donors (Lipinski definition) is 2. The van der Waals surface area contributed by atoms with E-state index in [2.05, 4.69) is 15.6 Å². The first-order valence-electron chi connectivity index (χ1n) is 12.0. The molecule has 0 radical (unpaired) electrons. The molecule has 0 aliphatic carbocycles. The highest BCUT2D eigenvalue weighted by Gasteiger charge is 2.30. The molecule has 4 rings (SSSR count). The number of aliphatic imine (C=N–C) groups is 1. The van der Waals surface area contributed by atoms with E-state index in [1.165, 1.54) is 11.0 Å². The number of aromatic nitrogens is 1. The number of aliphatic hydroxyl groups excluding tert-OH is 1. The van der Waals surface area contributed by atoms with Crippen molar-refractivity contribution in [3.05, 3.63) is 71.7 Å². The molecule has 37 heavy (non-hydrogen) atoms. The fraction of sp³-hybridized carbons (Fsp3) is 0.370. The molecule has 1 aromatic heterocycles. The van der Waals surface area contributed by atoms with E-state index in [-0.39, 0.29) is 36.6 Å². The minimum Gasteiger partial charge on any atom is -0.375 e. The van der Waals surface area contributed by atoms with Gasteiger partial charge in [-0.2, -0.15) is 4.99 Å². The van der Waals surface area contributed by atoms with Gasteiger partial charge in [0.1, 0.15) is 5.82 Å². The molecule has 1 fully saturated rings. The summed E-state index contributed by atoms with van der Waals surface area (Å²) < 4.78 is 25.6. The Morgan fingerprint density at radius 2 is 2.00 bits per heavy atom. The second-order valence-electron chi connectivity index (χ2n) is 9.75. The summed E-state index contributed by atoms with van der Waals surface area (Å²) in [6.07, 6.45) is -1.07. The molecule has 9 nitrogen and oxygen atoms in total. The Hall–Kier alpha value is -3.60. The molecule has 2 N–H and O–H groups in total. The molecule has 2 unspecified atom stereocenters. The van der Waals surface area contributed by atoms with E-state index in [9.17, 15) is 14.3 Å². The van der Waals surface area contributed by atoms with Gasteiger partial charge in [-0.05, 0) is 38.0 Å². The molecule has 1 saturated heterocycles. The Bertz CT molecular complexity index is 1260. The fourth-order valence-electron chi connectivity index (χ4n) is 3.79. The smallest absolute Gasteiger partial charge is 0.310 e. The van der Waals surface area contributed by atoms with E-state index < -0.39 is 17.7 Å². The zero-order valence-corrected chi connectivity index (χ0v) is 21.3. The van der Waals surface area contributed by atoms with Gasteiger partial charge >= 0.3 is 5.91 Å². The Morgan fingerprint density at radius 1 is 1.24 bits per heavy atom. The maximum absolute atomic E-state index is 14.9. The van der Waals surface area contributed by atoms with Crippen LogP contribution in [0.3, 0.4) is 0 Å². The van der Waals surface area contributed by atoms with Crippen molar-refractivity contribution < 1.29 is 28.4 Å². The number of hydroxylamine groups is 1. The highest BCUT2D eigenvalue weighted by Crippen LogP contribution is 2.30. The number of aliphatic hydroxyl groups is 1. The molecule has 1 aliphatic rings. The minimum absolute atomic E-state index is 0.0235. The number of halogens is 1. The normalized spacial score (nSPS) is 17.5. The number of ether oxygens (including phenoxy) is 1. The van der Waals surface area contributed by atoms with Crippen LogP contribution in [0.4, 0.5) is 10.3 Å². The zero-order chi connectivity index (χ0) is 26.6. The Kier molecular flexibility index (Phi) is 8.01. The van der Waals surface area contributed by atoms with Crippen LogP contribution in [0, 0.1) is 5.82 Å². The van der Waals surface area contributed by atoms with Crippen molar-refractivity contribution in [1.82, 2.24) is 15.5 Å². The Labute approximate surface area is 214 Å². The summed E-state index contributed by atoms with van der Waals surface area (Å²) in [7, 11) is 0. The summed E-state index contributed by atoms with van der Waals surface area (Å²) in [5.74, 6) is -1.34. The second kappa shape index (κ2) is 11.2. The first-order chi connectivity index (χ1) is 17.6. The SMILES string of the molecule is CC(c1ccc(-c2ccccc2)c(F)c1)c1cc(/N=C(/C(=O)NOC(C)(C)C)N2CCOCC2O)on1. The highest BCUT2D eigenvalue weighted by molar-refractivity contribution is 6.38. The molecular weight excluding hydrogens is 479 g/mol. The summed E-state index contributed by atoms with van der Waals surface area (Å²) in [5, 5.41) is 14.5. The molecule has 0 spiro atoms. The summed E-state index contributed by atoms with van der Waals surface area (Å²) >= 11 is 0. The zero-order valence-electron chi connectivity index (χ0n) is 21.3. The molecule has 0 saturated carbocycles.